The Morgan fingerprint density at radius 2 is 2.26 bits per heavy atom. The van der Waals surface area contributed by atoms with Crippen LogP contribution in [0.3, 0.4) is 0 Å². The molecule has 1 rings (SSSR count). The average Bonchev–Trinajstić information content (AvgIpc) is 2.37. The SMILES string of the molecule is CCOC(=O)/C(C#N)=C\c1ccc(C)c([N+](=O)[O-])c1. The number of benzene rings is 1. The number of nitrogens with zero attached hydrogens (tertiary/aromatic N) is 2. The van der Waals surface area contributed by atoms with Gasteiger partial charge in [0.1, 0.15) is 11.6 Å². The molecule has 0 unspecified atom stereocenters. The van der Waals surface area contributed by atoms with Gasteiger partial charge in [-0.05, 0) is 25.5 Å². The molecule has 1 aromatic carbocycles. The molecule has 0 aliphatic rings. The predicted octanol–water partition coefficient (Wildman–Crippen LogP) is 2.37. The van der Waals surface area contributed by atoms with Crippen molar-refractivity contribution in [2.75, 3.05) is 6.61 Å². The van der Waals surface area contributed by atoms with Gasteiger partial charge in [-0.1, -0.05) is 12.1 Å². The highest BCUT2D eigenvalue weighted by Crippen LogP contribution is 2.21. The second-order valence-corrected chi connectivity index (χ2v) is 3.69. The van der Waals surface area contributed by atoms with Crippen molar-refractivity contribution in [2.24, 2.45) is 0 Å². The Morgan fingerprint density at radius 1 is 1.58 bits per heavy atom. The lowest BCUT2D eigenvalue weighted by molar-refractivity contribution is -0.385. The van der Waals surface area contributed by atoms with Crippen molar-refractivity contribution in [2.45, 2.75) is 13.8 Å². The number of aryl methyl sites for hydroxylation is 1. The van der Waals surface area contributed by atoms with Gasteiger partial charge in [0.2, 0.25) is 0 Å². The number of nitriles is 1. The molecule has 0 aliphatic heterocycles. The summed E-state index contributed by atoms with van der Waals surface area (Å²) in [6, 6.07) is 6.18. The predicted molar refractivity (Wildman–Crippen MR) is 68.1 cm³/mol. The summed E-state index contributed by atoms with van der Waals surface area (Å²) in [5.74, 6) is -0.742. The maximum absolute atomic E-state index is 11.4. The number of hydrogen-bond acceptors (Lipinski definition) is 5. The van der Waals surface area contributed by atoms with Gasteiger partial charge in [0.25, 0.3) is 5.69 Å². The van der Waals surface area contributed by atoms with Crippen molar-refractivity contribution < 1.29 is 14.5 Å². The normalized spacial score (nSPS) is 10.7. The highest BCUT2D eigenvalue weighted by Gasteiger charge is 2.13. The number of carbonyl (C=O) groups is 1. The van der Waals surface area contributed by atoms with E-state index in [1.54, 1.807) is 32.0 Å². The van der Waals surface area contributed by atoms with Crippen molar-refractivity contribution in [3.05, 3.63) is 45.0 Å². The van der Waals surface area contributed by atoms with E-state index in [-0.39, 0.29) is 17.9 Å². The van der Waals surface area contributed by atoms with Gasteiger partial charge in [-0.25, -0.2) is 4.79 Å². The van der Waals surface area contributed by atoms with Crippen LogP contribution in [0.1, 0.15) is 18.1 Å². The van der Waals surface area contributed by atoms with Gasteiger partial charge >= 0.3 is 5.97 Å². The molecule has 98 valence electrons. The molecule has 6 nitrogen and oxygen atoms in total. The van der Waals surface area contributed by atoms with Gasteiger partial charge in [0.15, 0.2) is 0 Å². The van der Waals surface area contributed by atoms with Crippen LogP contribution in [0.15, 0.2) is 23.8 Å². The van der Waals surface area contributed by atoms with E-state index in [0.29, 0.717) is 11.1 Å². The molecule has 0 aromatic heterocycles. The molecule has 0 saturated carbocycles. The Kier molecular flexibility index (Phi) is 4.77. The third-order valence-electron chi connectivity index (χ3n) is 2.36. The summed E-state index contributed by atoms with van der Waals surface area (Å²) in [6.07, 6.45) is 1.27. The first kappa shape index (κ1) is 14.4. The maximum Gasteiger partial charge on any atom is 0.348 e. The van der Waals surface area contributed by atoms with Gasteiger partial charge in [-0.3, -0.25) is 10.1 Å². The summed E-state index contributed by atoms with van der Waals surface area (Å²) in [7, 11) is 0. The van der Waals surface area contributed by atoms with Crippen LogP contribution in [0.4, 0.5) is 5.69 Å². The van der Waals surface area contributed by atoms with Crippen LogP contribution < -0.4 is 0 Å². The van der Waals surface area contributed by atoms with E-state index < -0.39 is 10.9 Å². The number of hydrogen-bond donors (Lipinski definition) is 0. The van der Waals surface area contributed by atoms with Crippen molar-refractivity contribution in [1.29, 1.82) is 5.26 Å². The molecule has 19 heavy (non-hydrogen) atoms. The molecule has 0 N–H and O–H groups in total. The zero-order chi connectivity index (χ0) is 14.4. The Labute approximate surface area is 110 Å². The third-order valence-corrected chi connectivity index (χ3v) is 2.36. The number of rotatable bonds is 4. The van der Waals surface area contributed by atoms with E-state index in [1.807, 2.05) is 0 Å². The fourth-order valence-corrected chi connectivity index (χ4v) is 1.43. The molecule has 0 spiro atoms. The van der Waals surface area contributed by atoms with Crippen LogP contribution in [0.5, 0.6) is 0 Å². The largest absolute Gasteiger partial charge is 0.462 e. The van der Waals surface area contributed by atoms with Crippen LogP contribution in [0.2, 0.25) is 0 Å². The molecule has 0 amide bonds. The Hall–Kier alpha value is -2.68. The summed E-state index contributed by atoms with van der Waals surface area (Å²) in [5.41, 5.74) is 0.661. The van der Waals surface area contributed by atoms with Gasteiger partial charge < -0.3 is 4.74 Å². The molecule has 0 atom stereocenters. The van der Waals surface area contributed by atoms with E-state index >= 15 is 0 Å². The summed E-state index contributed by atoms with van der Waals surface area (Å²) in [4.78, 5) is 21.7. The van der Waals surface area contributed by atoms with Crippen molar-refractivity contribution in [1.82, 2.24) is 0 Å². The summed E-state index contributed by atoms with van der Waals surface area (Å²) in [6.45, 7) is 3.40. The van der Waals surface area contributed by atoms with Crippen LogP contribution in [0, 0.1) is 28.4 Å². The zero-order valence-corrected chi connectivity index (χ0v) is 10.5. The first-order valence-corrected chi connectivity index (χ1v) is 5.53. The fraction of sp³-hybridized carbons (Fsp3) is 0.231. The highest BCUT2D eigenvalue weighted by molar-refractivity contribution is 5.97. The number of nitro benzene ring substituents is 1. The van der Waals surface area contributed by atoms with Crippen molar-refractivity contribution in [3.8, 4) is 6.07 Å². The quantitative estimate of drug-likeness (QED) is 0.272. The van der Waals surface area contributed by atoms with Crippen molar-refractivity contribution in [3.63, 3.8) is 0 Å². The highest BCUT2D eigenvalue weighted by atomic mass is 16.6. The Bertz CT molecular complexity index is 585. The second-order valence-electron chi connectivity index (χ2n) is 3.69. The number of nitro groups is 1. The monoisotopic (exact) mass is 260 g/mol. The first-order chi connectivity index (χ1) is 8.99. The molecule has 6 heteroatoms. The standard InChI is InChI=1S/C13H12N2O4/c1-3-19-13(16)11(8-14)6-10-5-4-9(2)12(7-10)15(17)18/h4-7H,3H2,1-2H3/b11-6-. The van der Waals surface area contributed by atoms with Crippen LogP contribution in [0.25, 0.3) is 6.08 Å². The number of carbonyl (C=O) groups excluding carboxylic acids is 1. The molecular weight excluding hydrogens is 248 g/mol. The number of ether oxygens (including phenoxy) is 1. The number of esters is 1. The van der Waals surface area contributed by atoms with Gasteiger partial charge in [-0.2, -0.15) is 5.26 Å². The average molecular weight is 260 g/mol. The molecule has 0 bridgehead atoms. The van der Waals surface area contributed by atoms with E-state index in [0.717, 1.165) is 0 Å². The van der Waals surface area contributed by atoms with Crippen LogP contribution in [-0.4, -0.2) is 17.5 Å². The lowest BCUT2D eigenvalue weighted by Crippen LogP contribution is -2.06. The van der Waals surface area contributed by atoms with E-state index in [1.165, 1.54) is 12.1 Å². The second kappa shape index (κ2) is 6.31. The third kappa shape index (κ3) is 3.64. The fourth-order valence-electron chi connectivity index (χ4n) is 1.43. The molecule has 0 aliphatic carbocycles. The minimum Gasteiger partial charge on any atom is -0.462 e. The van der Waals surface area contributed by atoms with Gasteiger partial charge in [0.05, 0.1) is 11.5 Å². The molecule has 0 radical (unpaired) electrons. The topological polar surface area (TPSA) is 93.2 Å². The van der Waals surface area contributed by atoms with E-state index in [4.69, 9.17) is 10.00 Å². The molecular formula is C13H12N2O4. The summed E-state index contributed by atoms with van der Waals surface area (Å²) < 4.78 is 4.70. The van der Waals surface area contributed by atoms with Crippen LogP contribution >= 0.6 is 0 Å². The molecule has 0 heterocycles. The Balaban J connectivity index is 3.17. The molecule has 0 fully saturated rings. The Morgan fingerprint density at radius 3 is 2.79 bits per heavy atom. The minimum atomic E-state index is -0.742. The van der Waals surface area contributed by atoms with Crippen LogP contribution in [-0.2, 0) is 9.53 Å². The first-order valence-electron chi connectivity index (χ1n) is 5.53. The van der Waals surface area contributed by atoms with E-state index in [9.17, 15) is 14.9 Å². The minimum absolute atomic E-state index is 0.0603. The summed E-state index contributed by atoms with van der Waals surface area (Å²) >= 11 is 0. The molecule has 0 saturated heterocycles. The van der Waals surface area contributed by atoms with Gasteiger partial charge in [0, 0.05) is 11.6 Å². The van der Waals surface area contributed by atoms with Crippen molar-refractivity contribution >= 4 is 17.7 Å². The maximum atomic E-state index is 11.4. The zero-order valence-electron chi connectivity index (χ0n) is 10.5. The summed E-state index contributed by atoms with van der Waals surface area (Å²) in [5, 5.41) is 19.7. The van der Waals surface area contributed by atoms with E-state index in [2.05, 4.69) is 0 Å². The van der Waals surface area contributed by atoms with Gasteiger partial charge in [-0.15, -0.1) is 0 Å². The lowest BCUT2D eigenvalue weighted by atomic mass is 10.1. The lowest BCUT2D eigenvalue weighted by Gasteiger charge is -2.01. The molecule has 1 aromatic rings. The smallest absolute Gasteiger partial charge is 0.348 e.